The van der Waals surface area contributed by atoms with E-state index in [9.17, 15) is 16.8 Å². The molecule has 0 radical (unpaired) electrons. The summed E-state index contributed by atoms with van der Waals surface area (Å²) in [4.78, 5) is 0.119. The normalized spacial score (nSPS) is 19.5. The first-order chi connectivity index (χ1) is 9.70. The number of halogens is 2. The maximum absolute atomic E-state index is 12.4. The van der Waals surface area contributed by atoms with Crippen LogP contribution in [0.4, 0.5) is 0 Å². The predicted octanol–water partition coefficient (Wildman–Crippen LogP) is 1.30. The van der Waals surface area contributed by atoms with Crippen LogP contribution in [0.2, 0.25) is 0 Å². The third kappa shape index (κ3) is 4.90. The van der Waals surface area contributed by atoms with Gasteiger partial charge in [-0.1, -0.05) is 0 Å². The summed E-state index contributed by atoms with van der Waals surface area (Å²) in [5.41, 5.74) is 0. The Morgan fingerprint density at radius 3 is 2.45 bits per heavy atom. The number of sulfonamides is 1. The van der Waals surface area contributed by atoms with Crippen LogP contribution in [0.15, 0.2) is 32.5 Å². The van der Waals surface area contributed by atoms with E-state index in [4.69, 9.17) is 0 Å². The number of sulfone groups is 1. The van der Waals surface area contributed by atoms with Crippen molar-refractivity contribution < 1.29 is 16.8 Å². The van der Waals surface area contributed by atoms with E-state index in [1.807, 2.05) is 0 Å². The molecule has 10 heteroatoms. The van der Waals surface area contributed by atoms with Crippen molar-refractivity contribution in [3.63, 3.8) is 0 Å². The smallest absolute Gasteiger partial charge is 0.241 e. The standard InChI is InChI=1S/C12H17BrN2O4S2.ClH/c1-20(16,17)10-4-5-12(11(13)7-10)21(18,19)15-9-3-2-6-14-8-9;/h4-5,7,9,14-15H,2-3,6,8H2,1H3;1H/t9-;/m0./s1. The second-order valence-corrected chi connectivity index (χ2v) is 9.58. The minimum absolute atomic E-state index is 0. The molecule has 126 valence electrons. The van der Waals surface area contributed by atoms with Crippen LogP contribution in [0.5, 0.6) is 0 Å². The number of benzene rings is 1. The fraction of sp³-hybridized carbons (Fsp3) is 0.500. The lowest BCUT2D eigenvalue weighted by molar-refractivity contribution is 0.428. The van der Waals surface area contributed by atoms with Crippen molar-refractivity contribution in [2.24, 2.45) is 0 Å². The molecule has 0 spiro atoms. The molecule has 0 bridgehead atoms. The summed E-state index contributed by atoms with van der Waals surface area (Å²) in [6.45, 7) is 1.49. The van der Waals surface area contributed by atoms with Gasteiger partial charge in [-0.05, 0) is 53.5 Å². The van der Waals surface area contributed by atoms with Crippen LogP contribution >= 0.6 is 28.3 Å². The Balaban J connectivity index is 0.00000242. The van der Waals surface area contributed by atoms with Gasteiger partial charge in [0.1, 0.15) is 0 Å². The van der Waals surface area contributed by atoms with E-state index < -0.39 is 19.9 Å². The van der Waals surface area contributed by atoms with Gasteiger partial charge in [-0.25, -0.2) is 21.6 Å². The number of piperidine rings is 1. The Labute approximate surface area is 145 Å². The molecule has 1 heterocycles. The van der Waals surface area contributed by atoms with Gasteiger partial charge in [-0.3, -0.25) is 0 Å². The van der Waals surface area contributed by atoms with Crippen molar-refractivity contribution in [1.82, 2.24) is 10.0 Å². The summed E-state index contributed by atoms with van der Waals surface area (Å²) in [6.07, 6.45) is 2.78. The van der Waals surface area contributed by atoms with E-state index in [1.54, 1.807) is 0 Å². The van der Waals surface area contributed by atoms with Crippen LogP contribution in [0.25, 0.3) is 0 Å². The van der Waals surface area contributed by atoms with Gasteiger partial charge in [0.05, 0.1) is 9.79 Å². The zero-order valence-electron chi connectivity index (χ0n) is 11.9. The van der Waals surface area contributed by atoms with Gasteiger partial charge in [0.15, 0.2) is 9.84 Å². The molecule has 0 aliphatic carbocycles. The Morgan fingerprint density at radius 1 is 1.27 bits per heavy atom. The highest BCUT2D eigenvalue weighted by Gasteiger charge is 2.24. The van der Waals surface area contributed by atoms with Crippen LogP contribution in [0, 0.1) is 0 Å². The topological polar surface area (TPSA) is 92.3 Å². The lowest BCUT2D eigenvalue weighted by atomic mass is 10.1. The van der Waals surface area contributed by atoms with Crippen molar-refractivity contribution in [3.05, 3.63) is 22.7 Å². The number of hydrogen-bond acceptors (Lipinski definition) is 5. The van der Waals surface area contributed by atoms with Crippen molar-refractivity contribution in [2.75, 3.05) is 19.3 Å². The molecule has 1 fully saturated rings. The molecule has 0 unspecified atom stereocenters. The third-order valence-corrected chi connectivity index (χ3v) is 6.85. The zero-order valence-corrected chi connectivity index (χ0v) is 15.9. The van der Waals surface area contributed by atoms with Gasteiger partial charge in [0, 0.05) is 23.3 Å². The fourth-order valence-electron chi connectivity index (χ4n) is 2.17. The predicted molar refractivity (Wildman–Crippen MR) is 90.7 cm³/mol. The SMILES string of the molecule is CS(=O)(=O)c1ccc(S(=O)(=O)N[C@H]2CCCNC2)c(Br)c1.Cl. The van der Waals surface area contributed by atoms with Gasteiger partial charge in [-0.2, -0.15) is 0 Å². The van der Waals surface area contributed by atoms with Gasteiger partial charge in [0.25, 0.3) is 0 Å². The minimum Gasteiger partial charge on any atom is -0.315 e. The molecule has 6 nitrogen and oxygen atoms in total. The molecule has 1 aliphatic rings. The summed E-state index contributed by atoms with van der Waals surface area (Å²) < 4.78 is 50.5. The summed E-state index contributed by atoms with van der Waals surface area (Å²) in [7, 11) is -7.05. The fourth-order valence-corrected chi connectivity index (χ4v) is 5.31. The molecule has 22 heavy (non-hydrogen) atoms. The van der Waals surface area contributed by atoms with Crippen molar-refractivity contribution in [3.8, 4) is 0 Å². The monoisotopic (exact) mass is 432 g/mol. The van der Waals surface area contributed by atoms with Crippen LogP contribution in [-0.2, 0) is 19.9 Å². The van der Waals surface area contributed by atoms with E-state index in [0.29, 0.717) is 6.54 Å². The maximum Gasteiger partial charge on any atom is 0.241 e. The lowest BCUT2D eigenvalue weighted by Crippen LogP contribution is -2.45. The Kier molecular flexibility index (Phi) is 6.85. The number of rotatable bonds is 4. The van der Waals surface area contributed by atoms with E-state index >= 15 is 0 Å². The minimum atomic E-state index is -3.68. The van der Waals surface area contributed by atoms with Gasteiger partial charge < -0.3 is 5.32 Å². The molecule has 1 aliphatic heterocycles. The zero-order chi connectivity index (χ0) is 15.7. The average molecular weight is 434 g/mol. The molecule has 1 aromatic carbocycles. The molecule has 1 saturated heterocycles. The van der Waals surface area contributed by atoms with Crippen LogP contribution < -0.4 is 10.0 Å². The molecule has 2 N–H and O–H groups in total. The summed E-state index contributed by atoms with van der Waals surface area (Å²) in [5.74, 6) is 0. The molecular formula is C12H18BrClN2O4S2. The number of hydrogen-bond donors (Lipinski definition) is 2. The molecular weight excluding hydrogens is 416 g/mol. The molecule has 0 amide bonds. The second-order valence-electron chi connectivity index (χ2n) is 5.03. The van der Waals surface area contributed by atoms with Gasteiger partial charge in [0.2, 0.25) is 10.0 Å². The molecule has 2 rings (SSSR count). The quantitative estimate of drug-likeness (QED) is 0.747. The second kappa shape index (κ2) is 7.59. The van der Waals surface area contributed by atoms with Crippen molar-refractivity contribution >= 4 is 48.2 Å². The van der Waals surface area contributed by atoms with Gasteiger partial charge in [-0.15, -0.1) is 12.4 Å². The largest absolute Gasteiger partial charge is 0.315 e. The van der Waals surface area contributed by atoms with E-state index in [0.717, 1.165) is 25.6 Å². The van der Waals surface area contributed by atoms with Crippen molar-refractivity contribution in [1.29, 1.82) is 0 Å². The number of nitrogens with one attached hydrogen (secondary N) is 2. The molecule has 1 aromatic rings. The Morgan fingerprint density at radius 2 is 1.95 bits per heavy atom. The summed E-state index contributed by atoms with van der Waals surface area (Å²) >= 11 is 3.14. The van der Waals surface area contributed by atoms with Crippen LogP contribution in [0.1, 0.15) is 12.8 Å². The molecule has 1 atom stereocenters. The highest BCUT2D eigenvalue weighted by Crippen LogP contribution is 2.25. The Hall–Kier alpha value is -0.190. The highest BCUT2D eigenvalue weighted by atomic mass is 79.9. The first kappa shape index (κ1) is 19.9. The lowest BCUT2D eigenvalue weighted by Gasteiger charge is -2.23. The summed E-state index contributed by atoms with van der Waals surface area (Å²) in [5, 5.41) is 3.13. The van der Waals surface area contributed by atoms with Crippen molar-refractivity contribution in [2.45, 2.75) is 28.7 Å². The van der Waals surface area contributed by atoms with E-state index in [2.05, 4.69) is 26.0 Å². The Bertz CT molecular complexity index is 731. The molecule has 0 aromatic heterocycles. The van der Waals surface area contributed by atoms with Crippen LogP contribution in [0.3, 0.4) is 0 Å². The van der Waals surface area contributed by atoms with Crippen LogP contribution in [-0.4, -0.2) is 42.2 Å². The third-order valence-electron chi connectivity index (χ3n) is 3.24. The first-order valence-electron chi connectivity index (χ1n) is 6.43. The molecule has 0 saturated carbocycles. The first-order valence-corrected chi connectivity index (χ1v) is 10.6. The highest BCUT2D eigenvalue weighted by molar-refractivity contribution is 9.10. The van der Waals surface area contributed by atoms with E-state index in [-0.39, 0.29) is 32.7 Å². The maximum atomic E-state index is 12.4. The van der Waals surface area contributed by atoms with E-state index in [1.165, 1.54) is 18.2 Å². The average Bonchev–Trinajstić information content (AvgIpc) is 2.37. The van der Waals surface area contributed by atoms with Gasteiger partial charge >= 0.3 is 0 Å². The summed E-state index contributed by atoms with van der Waals surface area (Å²) in [6, 6.07) is 3.76.